The molecule has 1 aliphatic rings. The SMILES string of the molecule is CCC1OCCC1CNC(=O)c1ccc(F)cc1C. The Morgan fingerprint density at radius 3 is 3.00 bits per heavy atom. The minimum Gasteiger partial charge on any atom is -0.378 e. The first-order chi connectivity index (χ1) is 9.11. The van der Waals surface area contributed by atoms with E-state index in [-0.39, 0.29) is 17.8 Å². The molecule has 0 spiro atoms. The normalized spacial score (nSPS) is 22.5. The molecule has 0 aromatic heterocycles. The van der Waals surface area contributed by atoms with Gasteiger partial charge in [-0.1, -0.05) is 6.92 Å². The van der Waals surface area contributed by atoms with E-state index in [0.29, 0.717) is 23.6 Å². The molecule has 0 radical (unpaired) electrons. The quantitative estimate of drug-likeness (QED) is 0.909. The summed E-state index contributed by atoms with van der Waals surface area (Å²) in [7, 11) is 0. The lowest BCUT2D eigenvalue weighted by molar-refractivity contribution is 0.0826. The van der Waals surface area contributed by atoms with Crippen LogP contribution in [0.5, 0.6) is 0 Å². The number of aryl methyl sites for hydroxylation is 1. The van der Waals surface area contributed by atoms with Crippen LogP contribution in [-0.2, 0) is 4.74 Å². The van der Waals surface area contributed by atoms with Gasteiger partial charge in [0.05, 0.1) is 6.10 Å². The van der Waals surface area contributed by atoms with Crippen molar-refractivity contribution in [2.45, 2.75) is 32.8 Å². The number of ether oxygens (including phenoxy) is 1. The first-order valence-corrected chi connectivity index (χ1v) is 6.77. The molecule has 2 atom stereocenters. The highest BCUT2D eigenvalue weighted by atomic mass is 19.1. The number of rotatable bonds is 4. The van der Waals surface area contributed by atoms with Gasteiger partial charge < -0.3 is 10.1 Å². The van der Waals surface area contributed by atoms with E-state index in [4.69, 9.17) is 4.74 Å². The Balaban J connectivity index is 1.94. The van der Waals surface area contributed by atoms with E-state index in [2.05, 4.69) is 12.2 Å². The van der Waals surface area contributed by atoms with Gasteiger partial charge in [0.1, 0.15) is 5.82 Å². The molecule has 1 fully saturated rings. The first-order valence-electron chi connectivity index (χ1n) is 6.77. The van der Waals surface area contributed by atoms with Crippen LogP contribution in [0.3, 0.4) is 0 Å². The maximum absolute atomic E-state index is 13.0. The molecule has 2 rings (SSSR count). The summed E-state index contributed by atoms with van der Waals surface area (Å²) in [5.74, 6) is -0.0711. The molecule has 1 aliphatic heterocycles. The van der Waals surface area contributed by atoms with Gasteiger partial charge in [-0.2, -0.15) is 0 Å². The van der Waals surface area contributed by atoms with E-state index in [9.17, 15) is 9.18 Å². The van der Waals surface area contributed by atoms with Crippen LogP contribution >= 0.6 is 0 Å². The van der Waals surface area contributed by atoms with Crippen molar-refractivity contribution in [2.24, 2.45) is 5.92 Å². The topological polar surface area (TPSA) is 38.3 Å². The van der Waals surface area contributed by atoms with E-state index in [1.807, 2.05) is 0 Å². The maximum Gasteiger partial charge on any atom is 0.251 e. The fourth-order valence-electron chi connectivity index (χ4n) is 2.58. The van der Waals surface area contributed by atoms with Gasteiger partial charge in [-0.3, -0.25) is 4.79 Å². The van der Waals surface area contributed by atoms with Crippen LogP contribution in [0.2, 0.25) is 0 Å². The van der Waals surface area contributed by atoms with Gasteiger partial charge in [-0.05, 0) is 43.5 Å². The number of carbonyl (C=O) groups excluding carboxylic acids is 1. The predicted molar refractivity (Wildman–Crippen MR) is 71.6 cm³/mol. The fourth-order valence-corrected chi connectivity index (χ4v) is 2.58. The molecule has 2 unspecified atom stereocenters. The van der Waals surface area contributed by atoms with Crippen molar-refractivity contribution >= 4 is 5.91 Å². The van der Waals surface area contributed by atoms with E-state index in [1.165, 1.54) is 18.2 Å². The lowest BCUT2D eigenvalue weighted by Crippen LogP contribution is -2.33. The van der Waals surface area contributed by atoms with Crippen LogP contribution in [-0.4, -0.2) is 25.2 Å². The Kier molecular flexibility index (Phi) is 4.53. The smallest absolute Gasteiger partial charge is 0.251 e. The Hall–Kier alpha value is -1.42. The minimum atomic E-state index is -0.315. The molecule has 1 saturated heterocycles. The number of benzene rings is 1. The molecule has 1 aromatic carbocycles. The lowest BCUT2D eigenvalue weighted by atomic mass is 9.99. The molecule has 104 valence electrons. The summed E-state index contributed by atoms with van der Waals surface area (Å²) >= 11 is 0. The van der Waals surface area contributed by atoms with Crippen LogP contribution in [0.15, 0.2) is 18.2 Å². The third-order valence-electron chi connectivity index (χ3n) is 3.71. The predicted octanol–water partition coefficient (Wildman–Crippen LogP) is 2.68. The summed E-state index contributed by atoms with van der Waals surface area (Å²) in [5.41, 5.74) is 1.19. The number of amides is 1. The highest BCUT2D eigenvalue weighted by Gasteiger charge is 2.27. The molecular formula is C15H20FNO2. The van der Waals surface area contributed by atoms with Gasteiger partial charge in [-0.15, -0.1) is 0 Å². The van der Waals surface area contributed by atoms with Gasteiger partial charge >= 0.3 is 0 Å². The van der Waals surface area contributed by atoms with Gasteiger partial charge in [0, 0.05) is 24.6 Å². The fraction of sp³-hybridized carbons (Fsp3) is 0.533. The van der Waals surface area contributed by atoms with Crippen molar-refractivity contribution in [1.82, 2.24) is 5.32 Å². The molecule has 0 bridgehead atoms. The highest BCUT2D eigenvalue weighted by molar-refractivity contribution is 5.95. The Bertz CT molecular complexity index is 461. The zero-order chi connectivity index (χ0) is 13.8. The van der Waals surface area contributed by atoms with Gasteiger partial charge in [0.25, 0.3) is 5.91 Å². The van der Waals surface area contributed by atoms with E-state index >= 15 is 0 Å². The molecule has 19 heavy (non-hydrogen) atoms. The van der Waals surface area contributed by atoms with E-state index in [1.54, 1.807) is 6.92 Å². The number of carbonyl (C=O) groups is 1. The van der Waals surface area contributed by atoms with Gasteiger partial charge in [0.2, 0.25) is 0 Å². The Morgan fingerprint density at radius 1 is 1.53 bits per heavy atom. The Labute approximate surface area is 113 Å². The largest absolute Gasteiger partial charge is 0.378 e. The summed E-state index contributed by atoms with van der Waals surface area (Å²) in [6, 6.07) is 4.22. The third kappa shape index (κ3) is 3.32. The summed E-state index contributed by atoms with van der Waals surface area (Å²) in [4.78, 5) is 12.1. The third-order valence-corrected chi connectivity index (χ3v) is 3.71. The maximum atomic E-state index is 13.0. The zero-order valence-corrected chi connectivity index (χ0v) is 11.4. The Morgan fingerprint density at radius 2 is 2.32 bits per heavy atom. The lowest BCUT2D eigenvalue weighted by Gasteiger charge is -2.17. The summed E-state index contributed by atoms with van der Waals surface area (Å²) in [6.45, 7) is 5.23. The van der Waals surface area contributed by atoms with E-state index in [0.717, 1.165) is 19.4 Å². The number of nitrogens with one attached hydrogen (secondary N) is 1. The van der Waals surface area contributed by atoms with Crippen LogP contribution in [0.25, 0.3) is 0 Å². The van der Waals surface area contributed by atoms with Crippen LogP contribution in [0.4, 0.5) is 4.39 Å². The van der Waals surface area contributed by atoms with Crippen molar-refractivity contribution < 1.29 is 13.9 Å². The van der Waals surface area contributed by atoms with Crippen molar-refractivity contribution in [3.05, 3.63) is 35.1 Å². The van der Waals surface area contributed by atoms with Crippen LogP contribution < -0.4 is 5.32 Å². The molecule has 1 heterocycles. The zero-order valence-electron chi connectivity index (χ0n) is 11.4. The second-order valence-corrected chi connectivity index (χ2v) is 5.04. The summed E-state index contributed by atoms with van der Waals surface area (Å²) < 4.78 is 18.6. The number of hydrogen-bond acceptors (Lipinski definition) is 2. The summed E-state index contributed by atoms with van der Waals surface area (Å²) in [5, 5.41) is 2.92. The molecule has 1 amide bonds. The number of halogens is 1. The second kappa shape index (κ2) is 6.15. The molecular weight excluding hydrogens is 245 g/mol. The van der Waals surface area contributed by atoms with Crippen LogP contribution in [0.1, 0.15) is 35.7 Å². The van der Waals surface area contributed by atoms with Crippen LogP contribution in [0, 0.1) is 18.7 Å². The summed E-state index contributed by atoms with van der Waals surface area (Å²) in [6.07, 6.45) is 2.20. The standard InChI is InChI=1S/C15H20FNO2/c1-3-14-11(6-7-19-14)9-17-15(18)13-5-4-12(16)8-10(13)2/h4-5,8,11,14H,3,6-7,9H2,1-2H3,(H,17,18). The monoisotopic (exact) mass is 265 g/mol. The molecule has 1 N–H and O–H groups in total. The number of hydrogen-bond donors (Lipinski definition) is 1. The molecule has 0 saturated carbocycles. The molecule has 1 aromatic rings. The van der Waals surface area contributed by atoms with Crippen molar-refractivity contribution in [3.63, 3.8) is 0 Å². The van der Waals surface area contributed by atoms with E-state index < -0.39 is 0 Å². The van der Waals surface area contributed by atoms with Crippen molar-refractivity contribution in [3.8, 4) is 0 Å². The minimum absolute atomic E-state index is 0.140. The average Bonchev–Trinajstić information content (AvgIpc) is 2.83. The second-order valence-electron chi connectivity index (χ2n) is 5.04. The average molecular weight is 265 g/mol. The molecule has 4 heteroatoms. The molecule has 0 aliphatic carbocycles. The highest BCUT2D eigenvalue weighted by Crippen LogP contribution is 2.22. The van der Waals surface area contributed by atoms with Crippen molar-refractivity contribution in [2.75, 3.05) is 13.2 Å². The molecule has 3 nitrogen and oxygen atoms in total. The van der Waals surface area contributed by atoms with Gasteiger partial charge in [-0.25, -0.2) is 4.39 Å². The first kappa shape index (κ1) is 14.0. The van der Waals surface area contributed by atoms with Gasteiger partial charge in [0.15, 0.2) is 0 Å². The van der Waals surface area contributed by atoms with Crippen molar-refractivity contribution in [1.29, 1.82) is 0 Å².